The molecule has 0 radical (unpaired) electrons. The number of primary amides is 1. The highest BCUT2D eigenvalue weighted by Crippen LogP contribution is 2.29. The van der Waals surface area contributed by atoms with Crippen molar-refractivity contribution in [3.63, 3.8) is 0 Å². The number of aliphatic hydroxyl groups excluding tert-OH is 1. The number of nitrogens with zero attached hydrogens (tertiary/aromatic N) is 4. The number of imidazole rings is 1. The quantitative estimate of drug-likeness (QED) is 0.0114. The Balaban J connectivity index is 1.17. The van der Waals surface area contributed by atoms with Crippen LogP contribution < -0.4 is 97.6 Å². The summed E-state index contributed by atoms with van der Waals surface area (Å²) in [5.41, 5.74) is 30.1. The monoisotopic (exact) mass is 1860 g/mol. The number of H-pyrrole nitrogens is 1. The van der Waals surface area contributed by atoms with Crippen LogP contribution in [-0.2, 0) is 107 Å². The number of hydrogen-bond donors (Lipinski definition) is 24. The lowest BCUT2D eigenvalue weighted by Crippen LogP contribution is -2.62. The number of aromatic amines is 1. The third-order valence-electron chi connectivity index (χ3n) is 22.9. The molecule has 0 saturated carbocycles. The third kappa shape index (κ3) is 30.0. The second-order valence-corrected chi connectivity index (χ2v) is 35.2. The average molecular weight is 1860 g/mol. The van der Waals surface area contributed by atoms with E-state index in [9.17, 15) is 54.0 Å². The average Bonchev–Trinajstić information content (AvgIpc) is 1.65. The Labute approximate surface area is 762 Å². The number of nitrogens with one attached hydrogen (secondary N) is 16. The van der Waals surface area contributed by atoms with Gasteiger partial charge in [-0.1, -0.05) is 58.0 Å². The summed E-state index contributed by atoms with van der Waals surface area (Å²) in [7, 11) is 1.46. The van der Waals surface area contributed by atoms with Crippen molar-refractivity contribution in [2.24, 2.45) is 22.9 Å². The van der Waals surface area contributed by atoms with Gasteiger partial charge in [-0.05, 0) is 163 Å². The fraction of sp³-hybridized carbons (Fsp3) is 0.536. The van der Waals surface area contributed by atoms with E-state index in [1.807, 2.05) is 0 Å². The predicted molar refractivity (Wildman–Crippen MR) is 475 cm³/mol. The lowest BCUT2D eigenvalue weighted by molar-refractivity contribution is -0.148. The minimum atomic E-state index is -1.97. The summed E-state index contributed by atoms with van der Waals surface area (Å²) < 4.78 is 0. The summed E-state index contributed by atoms with van der Waals surface area (Å²) in [6, 6.07) is -9.48. The van der Waals surface area contributed by atoms with Crippen molar-refractivity contribution in [1.29, 1.82) is 5.41 Å². The third-order valence-corrected chi connectivity index (χ3v) is 25.3. The minimum Gasteiger partial charge on any atom is -0.508 e. The highest BCUT2D eigenvalue weighted by atomic mass is 33.1. The number of guanidine groups is 1. The molecule has 0 spiro atoms. The molecular formula is C84H118N24O21S2. The molecule has 4 aromatic rings. The van der Waals surface area contributed by atoms with E-state index in [4.69, 9.17) is 28.3 Å². The summed E-state index contributed by atoms with van der Waals surface area (Å²) in [4.78, 5) is 264. The summed E-state index contributed by atoms with van der Waals surface area (Å²) in [6.07, 6.45) is 0.822. The molecule has 47 heteroatoms. The number of ketones is 2. The Morgan fingerprint density at radius 3 is 1.38 bits per heavy atom. The first-order chi connectivity index (χ1) is 62.6. The number of fused-ring (bicyclic) bond motifs is 8. The second kappa shape index (κ2) is 50.0. The van der Waals surface area contributed by atoms with E-state index in [0.717, 1.165) is 26.5 Å². The number of nitrogens with two attached hydrogens (primary N) is 4. The fourth-order valence-electron chi connectivity index (χ4n) is 15.7. The molecule has 45 nitrogen and oxygen atoms in total. The van der Waals surface area contributed by atoms with Crippen molar-refractivity contribution in [2.45, 2.75) is 226 Å². The number of benzene rings is 3. The first-order valence-electron chi connectivity index (χ1n) is 43.4. The molecule has 712 valence electrons. The van der Waals surface area contributed by atoms with Crippen LogP contribution >= 0.6 is 21.6 Å². The van der Waals surface area contributed by atoms with E-state index < -0.39 is 247 Å². The van der Waals surface area contributed by atoms with Gasteiger partial charge >= 0.3 is 0 Å². The molecule has 1 aromatic heterocycles. The van der Waals surface area contributed by atoms with Crippen LogP contribution in [0.1, 0.15) is 126 Å². The van der Waals surface area contributed by atoms with Gasteiger partial charge in [-0.25, -0.2) is 15.8 Å². The number of carbonyl (C=O) groups is 17. The molecule has 5 fully saturated rings. The van der Waals surface area contributed by atoms with Gasteiger partial charge in [0.2, 0.25) is 100 Å². The number of unbranched alkanes of at least 4 members (excludes halogenated alkanes) is 1. The maximum atomic E-state index is 15.7. The zero-order valence-corrected chi connectivity index (χ0v) is 74.2. The maximum absolute atomic E-state index is 15.7. The SMILES string of the molecule is C[C@@H]1NN[C@@H](Cc2cnc[nH]2)C(=O)N[C@@H](Cc2ccc(O)cc2)C(=O)N2CCC[C@H]2C(=O)N2CCC[C@@H]2C(=O)N[C@@H](CCCCN)C(=O)N[C@@H](CCC(N)=O)C(=O)N[C@@H](Cc2ccc(O)cc2)C(=O)N[C@H]2CSSC[C@H](NC1=O)C(=O)N[C@@H](CO)C(=O)N[C@@H](C)C(=O)N1CCC[C@@H]1C(=O)N[C@@H](CCN)C(=O)N[C@@H](CCCNC(=N)N)C(=O)C(=O)[C@H](Cc1ccc(O)cc1)NC2=O. The number of aromatic nitrogens is 2. The van der Waals surface area contributed by atoms with Crippen molar-refractivity contribution in [3.8, 4) is 17.2 Å². The topological polar surface area (TPSA) is 706 Å². The predicted octanol–water partition coefficient (Wildman–Crippen LogP) is -6.48. The molecule has 3 aromatic carbocycles. The molecule has 5 aliphatic heterocycles. The van der Waals surface area contributed by atoms with Crippen LogP contribution in [0, 0.1) is 5.41 Å². The van der Waals surface area contributed by atoms with Crippen molar-refractivity contribution in [2.75, 3.05) is 57.4 Å². The molecule has 16 atom stereocenters. The Hall–Kier alpha value is -12.6. The standard InChI is InChI=1S/C84H118N24O21S2/c1-44-70(116)102-62-41-130-131-42-63(77(123)98-57(35-46-14-20-50(110)21-15-46)69(115)68(114)53(10-5-31-91-84(88)89)94-73(119)56(28-30-86)97-79(125)64-11-6-32-106(64)81(127)45(2)93-76(122)61(40-109)101-78(62)124)103-74(120)58(36-47-16-22-51(111)23-17-47)99-72(118)55(26-27-67(87)113)95-71(117)54(9-3-4-29-85)96-80(126)65-12-7-33-107(65)83(129)66-13-8-34-108(66)82(128)60(37-48-18-24-52(112)25-19-48)100-75(121)59(105-104-44)38-49-39-90-43-92-49/h14-25,39,43-45,53-66,104-105,109-112H,3-13,26-38,40-42,85-86H2,1-2H3,(H2,87,113)(H,90,92)(H,93,122)(H,94,119)(H,95,117)(H,96,126)(H,97,125)(H,98,123)(H,99,118)(H,100,121)(H,101,124)(H,102,116)(H,103,120)(H4,88,89,91)/t44-,45-,53-,54-,55-,56-,57-,58-,59-,60-,61-,62-,63-,64+,65+,66-/m0/s1. The van der Waals surface area contributed by atoms with Crippen LogP contribution in [0.4, 0.5) is 0 Å². The number of aromatic hydroxyl groups is 3. The van der Waals surface area contributed by atoms with Crippen LogP contribution in [0.15, 0.2) is 85.3 Å². The largest absolute Gasteiger partial charge is 0.508 e. The van der Waals surface area contributed by atoms with Gasteiger partial charge < -0.3 is 127 Å². The van der Waals surface area contributed by atoms with E-state index in [2.05, 4.69) is 84.6 Å². The Kier molecular flexibility index (Phi) is 39.0. The minimum absolute atomic E-state index is 0.0105. The van der Waals surface area contributed by atoms with E-state index in [0.29, 0.717) is 24.1 Å². The molecular weight excluding hydrogens is 1750 g/mol. The van der Waals surface area contributed by atoms with Crippen LogP contribution in [0.25, 0.3) is 0 Å². The zero-order valence-electron chi connectivity index (χ0n) is 72.6. The number of amides is 15. The van der Waals surface area contributed by atoms with Gasteiger partial charge in [-0.15, -0.1) is 0 Å². The van der Waals surface area contributed by atoms with E-state index >= 15 is 47.9 Å². The molecule has 5 aliphatic rings. The van der Waals surface area contributed by atoms with Gasteiger partial charge in [0.15, 0.2) is 5.96 Å². The highest BCUT2D eigenvalue weighted by molar-refractivity contribution is 8.76. The van der Waals surface area contributed by atoms with Crippen molar-refractivity contribution >= 4 is 128 Å². The van der Waals surface area contributed by atoms with E-state index in [1.165, 1.54) is 109 Å². The van der Waals surface area contributed by atoms with Crippen LogP contribution in [0.3, 0.4) is 0 Å². The van der Waals surface area contributed by atoms with Crippen molar-refractivity contribution < 1.29 is 102 Å². The Morgan fingerprint density at radius 1 is 0.435 bits per heavy atom. The number of Topliss-reactive ketones (excluding diaryl/α,β-unsaturated/α-hetero) is 2. The normalized spacial score (nSPS) is 26.7. The Bertz CT molecular complexity index is 4710. The van der Waals surface area contributed by atoms with Gasteiger partial charge in [0.05, 0.1) is 31.1 Å². The van der Waals surface area contributed by atoms with Crippen LogP contribution in [0.2, 0.25) is 0 Å². The number of hydrogen-bond acceptors (Lipinski definition) is 29. The molecule has 28 N–H and O–H groups in total. The van der Waals surface area contributed by atoms with Gasteiger partial charge in [0, 0.05) is 81.7 Å². The van der Waals surface area contributed by atoms with Gasteiger partial charge in [0.1, 0.15) is 95.8 Å². The summed E-state index contributed by atoms with van der Waals surface area (Å²) in [6.45, 7) is 1.20. The number of phenolic OH excluding ortho intramolecular Hbond substituents is 3. The first kappa shape index (κ1) is 102. The van der Waals surface area contributed by atoms with Crippen LogP contribution in [0.5, 0.6) is 17.2 Å². The molecule has 15 amide bonds. The molecule has 131 heavy (non-hydrogen) atoms. The van der Waals surface area contributed by atoms with Crippen molar-refractivity contribution in [1.82, 2.24) is 99.3 Å². The van der Waals surface area contributed by atoms with E-state index in [-0.39, 0.29) is 145 Å². The van der Waals surface area contributed by atoms with Gasteiger partial charge in [-0.3, -0.25) is 86.9 Å². The molecule has 0 aliphatic carbocycles. The summed E-state index contributed by atoms with van der Waals surface area (Å²) in [5, 5.41) is 81.1. The second-order valence-electron chi connectivity index (χ2n) is 32.7. The smallest absolute Gasteiger partial charge is 0.246 e. The lowest BCUT2D eigenvalue weighted by atomic mass is 9.94. The number of carbonyl (C=O) groups excluding carboxylic acids is 17. The van der Waals surface area contributed by atoms with Crippen LogP contribution in [-0.4, -0.2) is 305 Å². The number of aliphatic hydroxyl groups is 1. The first-order valence-corrected chi connectivity index (χ1v) is 45.9. The molecule has 5 saturated heterocycles. The Morgan fingerprint density at radius 2 is 0.863 bits per heavy atom. The van der Waals surface area contributed by atoms with Crippen molar-refractivity contribution in [3.05, 3.63) is 108 Å². The zero-order chi connectivity index (χ0) is 95.1. The fourth-order valence-corrected chi connectivity index (χ4v) is 18.0. The maximum Gasteiger partial charge on any atom is 0.246 e. The van der Waals surface area contributed by atoms with Gasteiger partial charge in [-0.2, -0.15) is 0 Å². The molecule has 0 unspecified atom stereocenters. The molecule has 9 rings (SSSR count). The number of phenols is 3. The highest BCUT2D eigenvalue weighted by Gasteiger charge is 2.47. The molecule has 2 bridgehead atoms. The lowest BCUT2D eigenvalue weighted by Gasteiger charge is -2.34. The van der Waals surface area contributed by atoms with Gasteiger partial charge in [0.25, 0.3) is 0 Å². The summed E-state index contributed by atoms with van der Waals surface area (Å²) in [5.74, 6) is -19.6. The number of rotatable bonds is 22. The summed E-state index contributed by atoms with van der Waals surface area (Å²) >= 11 is 0. The van der Waals surface area contributed by atoms with E-state index in [1.54, 1.807) is 0 Å². The number of hydrazine groups is 1. The molecule has 6 heterocycles.